The van der Waals surface area contributed by atoms with Crippen molar-refractivity contribution in [2.75, 3.05) is 35.0 Å². The first kappa shape index (κ1) is 30.0. The summed E-state index contributed by atoms with van der Waals surface area (Å²) >= 11 is 6.22. The molecule has 2 atom stereocenters. The van der Waals surface area contributed by atoms with Crippen LogP contribution in [-0.2, 0) is 6.42 Å². The van der Waals surface area contributed by atoms with Gasteiger partial charge in [-0.25, -0.2) is 0 Å². The topological polar surface area (TPSA) is 117 Å². The molecule has 1 heterocycles. The molecular formula is C29H43ClN4O4S. The van der Waals surface area contributed by atoms with Gasteiger partial charge in [-0.05, 0) is 74.9 Å². The molecule has 8 nitrogen and oxygen atoms in total. The Balaban J connectivity index is 1.55. The standard InChI is InChI=1S/C29H43ClN4O4S/c1-2-31-25-17-22(18-26(19-25)34-13-6-7-14-39(34,37)38)29(36)33-27(16-21-9-8-10-23(30)15-21)28(35)20-32-24-11-4-3-5-12-24/h8-10,15,17-19,24,27-28,31-32,35,37-38H,2-7,11-14,16,20H2,1H3,(H,33,36). The fraction of sp³-hybridized carbons (Fsp3) is 0.552. The molecule has 10 heteroatoms. The molecule has 0 aromatic heterocycles. The molecule has 0 spiro atoms. The summed E-state index contributed by atoms with van der Waals surface area (Å²) in [5.74, 6) is -0.00442. The molecular weight excluding hydrogens is 536 g/mol. The maximum Gasteiger partial charge on any atom is 0.251 e. The van der Waals surface area contributed by atoms with Crippen LogP contribution in [0.2, 0.25) is 5.02 Å². The predicted molar refractivity (Wildman–Crippen MR) is 162 cm³/mol. The van der Waals surface area contributed by atoms with Gasteiger partial charge in [0.1, 0.15) is 0 Å². The second-order valence-electron chi connectivity index (χ2n) is 10.7. The molecule has 2 aliphatic rings. The average Bonchev–Trinajstić information content (AvgIpc) is 2.91. The Labute approximate surface area is 239 Å². The van der Waals surface area contributed by atoms with Gasteiger partial charge in [0.2, 0.25) is 0 Å². The Bertz CT molecular complexity index is 1100. The summed E-state index contributed by atoms with van der Waals surface area (Å²) in [6, 6.07) is 12.6. The third kappa shape index (κ3) is 8.49. The number of amides is 1. The minimum absolute atomic E-state index is 0.321. The summed E-state index contributed by atoms with van der Waals surface area (Å²) in [5, 5.41) is 21.7. The number of hydrogen-bond acceptors (Lipinski definition) is 7. The number of nitrogens with one attached hydrogen (secondary N) is 3. The highest BCUT2D eigenvalue weighted by molar-refractivity contribution is 8.25. The predicted octanol–water partition coefficient (Wildman–Crippen LogP) is 5.66. The first-order chi connectivity index (χ1) is 18.7. The summed E-state index contributed by atoms with van der Waals surface area (Å²) in [7, 11) is -2.94. The summed E-state index contributed by atoms with van der Waals surface area (Å²) in [6.45, 7) is 3.52. The van der Waals surface area contributed by atoms with Crippen molar-refractivity contribution in [2.45, 2.75) is 76.5 Å². The highest BCUT2D eigenvalue weighted by Crippen LogP contribution is 2.50. The van der Waals surface area contributed by atoms with Crippen LogP contribution < -0.4 is 20.3 Å². The van der Waals surface area contributed by atoms with Crippen molar-refractivity contribution in [3.63, 3.8) is 0 Å². The molecule has 39 heavy (non-hydrogen) atoms. The zero-order valence-corrected chi connectivity index (χ0v) is 24.3. The minimum atomic E-state index is -2.94. The molecule has 2 unspecified atom stereocenters. The average molecular weight is 579 g/mol. The highest BCUT2D eigenvalue weighted by Gasteiger charge is 2.29. The van der Waals surface area contributed by atoms with E-state index >= 15 is 0 Å². The monoisotopic (exact) mass is 578 g/mol. The number of benzene rings is 2. The van der Waals surface area contributed by atoms with Crippen LogP contribution in [0, 0.1) is 0 Å². The Hall–Kier alpha value is -2.01. The Kier molecular flexibility index (Phi) is 10.8. The first-order valence-corrected chi connectivity index (χ1v) is 16.2. The fourth-order valence-electron chi connectivity index (χ4n) is 5.49. The van der Waals surface area contributed by atoms with Crippen molar-refractivity contribution in [1.29, 1.82) is 0 Å². The van der Waals surface area contributed by atoms with E-state index in [9.17, 15) is 19.0 Å². The minimum Gasteiger partial charge on any atom is -0.390 e. The summed E-state index contributed by atoms with van der Waals surface area (Å²) in [4.78, 5) is 13.6. The van der Waals surface area contributed by atoms with E-state index in [1.165, 1.54) is 19.3 Å². The number of carbonyl (C=O) groups excluding carboxylic acids is 1. The Morgan fingerprint density at radius 1 is 1.10 bits per heavy atom. The van der Waals surface area contributed by atoms with Crippen molar-refractivity contribution < 1.29 is 19.0 Å². The Morgan fingerprint density at radius 2 is 1.90 bits per heavy atom. The normalized spacial score (nSPS) is 20.2. The van der Waals surface area contributed by atoms with E-state index in [1.54, 1.807) is 22.5 Å². The van der Waals surface area contributed by atoms with Crippen molar-refractivity contribution >= 4 is 39.7 Å². The van der Waals surface area contributed by atoms with Crippen LogP contribution >= 0.6 is 22.4 Å². The van der Waals surface area contributed by atoms with E-state index in [2.05, 4.69) is 16.0 Å². The molecule has 4 rings (SSSR count). The lowest BCUT2D eigenvalue weighted by atomic mass is 9.95. The number of aliphatic hydroxyl groups is 1. The van der Waals surface area contributed by atoms with E-state index in [4.69, 9.17) is 11.6 Å². The molecule has 1 saturated carbocycles. The molecule has 1 amide bonds. The van der Waals surface area contributed by atoms with Gasteiger partial charge in [0.25, 0.3) is 5.91 Å². The summed E-state index contributed by atoms with van der Waals surface area (Å²) in [5.41, 5.74) is 2.65. The van der Waals surface area contributed by atoms with Gasteiger partial charge in [0.05, 0.1) is 23.6 Å². The van der Waals surface area contributed by atoms with Gasteiger partial charge in [-0.15, -0.1) is 10.8 Å². The number of halogens is 1. The largest absolute Gasteiger partial charge is 0.390 e. The van der Waals surface area contributed by atoms with Gasteiger partial charge < -0.3 is 21.1 Å². The second-order valence-corrected chi connectivity index (χ2v) is 13.2. The fourth-order valence-corrected chi connectivity index (χ4v) is 7.38. The number of aliphatic hydroxyl groups excluding tert-OH is 1. The molecule has 1 aliphatic heterocycles. The number of rotatable bonds is 11. The number of anilines is 2. The van der Waals surface area contributed by atoms with Crippen LogP contribution in [0.5, 0.6) is 0 Å². The zero-order valence-electron chi connectivity index (χ0n) is 22.7. The summed E-state index contributed by atoms with van der Waals surface area (Å²) < 4.78 is 23.0. The lowest BCUT2D eigenvalue weighted by Crippen LogP contribution is -2.50. The number of hydrogen-bond donors (Lipinski definition) is 6. The Morgan fingerprint density at radius 3 is 2.62 bits per heavy atom. The lowest BCUT2D eigenvalue weighted by Gasteiger charge is -2.47. The third-order valence-corrected chi connectivity index (χ3v) is 9.75. The van der Waals surface area contributed by atoms with Gasteiger partial charge in [0, 0.05) is 41.9 Å². The molecule has 1 aliphatic carbocycles. The zero-order chi connectivity index (χ0) is 27.8. The van der Waals surface area contributed by atoms with Crippen molar-refractivity contribution in [3.8, 4) is 0 Å². The van der Waals surface area contributed by atoms with Gasteiger partial charge in [0.15, 0.2) is 0 Å². The smallest absolute Gasteiger partial charge is 0.251 e. The van der Waals surface area contributed by atoms with E-state index in [0.29, 0.717) is 54.1 Å². The van der Waals surface area contributed by atoms with Gasteiger partial charge in [-0.3, -0.25) is 18.2 Å². The van der Waals surface area contributed by atoms with Crippen LogP contribution in [0.15, 0.2) is 42.5 Å². The van der Waals surface area contributed by atoms with Crippen LogP contribution in [-0.4, -0.2) is 63.7 Å². The quantitative estimate of drug-likeness (QED) is 0.204. The first-order valence-electron chi connectivity index (χ1n) is 14.1. The van der Waals surface area contributed by atoms with E-state index < -0.39 is 22.9 Å². The molecule has 1 saturated heterocycles. The lowest BCUT2D eigenvalue weighted by molar-refractivity contribution is 0.0821. The van der Waals surface area contributed by atoms with E-state index in [0.717, 1.165) is 36.9 Å². The third-order valence-electron chi connectivity index (χ3n) is 7.58. The molecule has 2 aromatic rings. The molecule has 0 bridgehead atoms. The number of nitrogens with zero attached hydrogens (tertiary/aromatic N) is 1. The van der Waals surface area contributed by atoms with Crippen LogP contribution in [0.4, 0.5) is 11.4 Å². The van der Waals surface area contributed by atoms with Crippen molar-refractivity contribution in [1.82, 2.24) is 10.6 Å². The van der Waals surface area contributed by atoms with E-state index in [1.807, 2.05) is 31.2 Å². The molecule has 6 N–H and O–H groups in total. The van der Waals surface area contributed by atoms with Crippen LogP contribution in [0.25, 0.3) is 0 Å². The SMILES string of the molecule is CCNc1cc(C(=O)NC(Cc2cccc(Cl)c2)C(O)CNC2CCCCC2)cc(N2CCCCS2(O)O)c1. The van der Waals surface area contributed by atoms with Crippen molar-refractivity contribution in [3.05, 3.63) is 58.6 Å². The maximum atomic E-state index is 13.6. The van der Waals surface area contributed by atoms with E-state index in [-0.39, 0.29) is 5.91 Å². The van der Waals surface area contributed by atoms with Crippen LogP contribution in [0.1, 0.15) is 67.8 Å². The number of carbonyl (C=O) groups is 1. The van der Waals surface area contributed by atoms with Crippen molar-refractivity contribution in [2.24, 2.45) is 0 Å². The van der Waals surface area contributed by atoms with Gasteiger partial charge in [-0.2, -0.15) is 0 Å². The van der Waals surface area contributed by atoms with Crippen LogP contribution in [0.3, 0.4) is 0 Å². The highest BCUT2D eigenvalue weighted by atomic mass is 35.5. The molecule has 2 aromatic carbocycles. The summed E-state index contributed by atoms with van der Waals surface area (Å²) in [6.07, 6.45) is 7.09. The van der Waals surface area contributed by atoms with Gasteiger partial charge in [-0.1, -0.05) is 43.0 Å². The molecule has 216 valence electrons. The molecule has 2 fully saturated rings. The molecule has 0 radical (unpaired) electrons. The van der Waals surface area contributed by atoms with Gasteiger partial charge >= 0.3 is 0 Å². The maximum absolute atomic E-state index is 13.6. The second kappa shape index (κ2) is 14.1.